The zero-order valence-corrected chi connectivity index (χ0v) is 22.7. The topological polar surface area (TPSA) is 66.8 Å². The first-order valence-corrected chi connectivity index (χ1v) is 13.1. The summed E-state index contributed by atoms with van der Waals surface area (Å²) in [6, 6.07) is 18.8. The fraction of sp³-hybridized carbons (Fsp3) is 0.200. The molecule has 1 fully saturated rings. The van der Waals surface area contributed by atoms with Crippen LogP contribution in [-0.4, -0.2) is 59.6 Å². The van der Waals surface area contributed by atoms with Crippen LogP contribution >= 0.6 is 11.6 Å². The van der Waals surface area contributed by atoms with Gasteiger partial charge in [0.15, 0.2) is 0 Å². The van der Waals surface area contributed by atoms with Crippen LogP contribution in [0, 0.1) is 18.6 Å². The van der Waals surface area contributed by atoms with E-state index in [0.29, 0.717) is 59.6 Å². The fourth-order valence-corrected chi connectivity index (χ4v) is 4.92. The summed E-state index contributed by atoms with van der Waals surface area (Å²) in [5.74, 6) is -1.01. The standard InChI is InChI=1S/C30H27ClF2N4O3/c1-19-25(29(38)35-13-15-36(16-14-35)30(39)34-23-8-5-21(31)6-9-23)18-28(20-3-10-24(40-2)11-4-20)37(19)27-12-7-22(32)17-26(27)33/h3-12,17-18H,13-16H2,1-2H3,(H,34,39). The van der Waals surface area contributed by atoms with Crippen LogP contribution in [0.4, 0.5) is 19.3 Å². The SMILES string of the molecule is COc1ccc(-c2cc(C(=O)N3CCN(C(=O)Nc4ccc(Cl)cc4)CC3)c(C)n2-c2ccc(F)cc2F)cc1. The number of amides is 3. The molecule has 0 spiro atoms. The summed E-state index contributed by atoms with van der Waals surface area (Å²) < 4.78 is 35.6. The highest BCUT2D eigenvalue weighted by Gasteiger charge is 2.29. The number of hydrogen-bond acceptors (Lipinski definition) is 3. The molecule has 0 bridgehead atoms. The number of benzene rings is 3. The number of ether oxygens (including phenoxy) is 1. The Kier molecular flexibility index (Phi) is 7.75. The molecule has 0 unspecified atom stereocenters. The van der Waals surface area contributed by atoms with E-state index in [0.717, 1.165) is 11.6 Å². The van der Waals surface area contributed by atoms with Gasteiger partial charge in [-0.2, -0.15) is 0 Å². The van der Waals surface area contributed by atoms with E-state index < -0.39 is 11.6 Å². The van der Waals surface area contributed by atoms with Gasteiger partial charge in [-0.05, 0) is 79.2 Å². The second-order valence-electron chi connectivity index (χ2n) is 9.40. The zero-order chi connectivity index (χ0) is 28.4. The van der Waals surface area contributed by atoms with E-state index in [4.69, 9.17) is 16.3 Å². The highest BCUT2D eigenvalue weighted by atomic mass is 35.5. The van der Waals surface area contributed by atoms with Crippen LogP contribution in [0.3, 0.4) is 0 Å². The summed E-state index contributed by atoms with van der Waals surface area (Å²) >= 11 is 5.91. The number of methoxy groups -OCH3 is 1. The number of nitrogens with one attached hydrogen (secondary N) is 1. The maximum Gasteiger partial charge on any atom is 0.321 e. The molecule has 5 rings (SSSR count). The smallest absolute Gasteiger partial charge is 0.321 e. The third-order valence-electron chi connectivity index (χ3n) is 6.96. The number of halogens is 3. The van der Waals surface area contributed by atoms with Crippen LogP contribution in [0.25, 0.3) is 16.9 Å². The van der Waals surface area contributed by atoms with Crippen molar-refractivity contribution >= 4 is 29.2 Å². The Morgan fingerprint density at radius 3 is 2.15 bits per heavy atom. The van der Waals surface area contributed by atoms with Gasteiger partial charge >= 0.3 is 6.03 Å². The van der Waals surface area contributed by atoms with Crippen molar-refractivity contribution in [2.75, 3.05) is 38.6 Å². The predicted octanol–water partition coefficient (Wildman–Crippen LogP) is 6.38. The molecule has 2 heterocycles. The van der Waals surface area contributed by atoms with Crippen molar-refractivity contribution in [2.45, 2.75) is 6.92 Å². The highest BCUT2D eigenvalue weighted by Crippen LogP contribution is 2.32. The predicted molar refractivity (Wildman–Crippen MR) is 150 cm³/mol. The molecular weight excluding hydrogens is 538 g/mol. The molecule has 7 nitrogen and oxygen atoms in total. The molecule has 0 saturated carbocycles. The zero-order valence-electron chi connectivity index (χ0n) is 22.0. The van der Waals surface area contributed by atoms with Gasteiger partial charge in [0.25, 0.3) is 5.91 Å². The third-order valence-corrected chi connectivity index (χ3v) is 7.22. The lowest BCUT2D eigenvalue weighted by Gasteiger charge is -2.34. The number of hydrogen-bond donors (Lipinski definition) is 1. The van der Waals surface area contributed by atoms with Crippen molar-refractivity contribution in [2.24, 2.45) is 0 Å². The molecule has 1 aromatic heterocycles. The molecule has 0 aliphatic carbocycles. The molecule has 206 valence electrons. The van der Waals surface area contributed by atoms with E-state index in [2.05, 4.69) is 5.32 Å². The Hall–Kier alpha value is -4.37. The first kappa shape index (κ1) is 27.2. The molecule has 0 radical (unpaired) electrons. The number of anilines is 1. The molecule has 3 amide bonds. The first-order valence-electron chi connectivity index (χ1n) is 12.7. The summed E-state index contributed by atoms with van der Waals surface area (Å²) in [5.41, 5.74) is 2.99. The normalized spacial score (nSPS) is 13.3. The Morgan fingerprint density at radius 2 is 1.52 bits per heavy atom. The summed E-state index contributed by atoms with van der Waals surface area (Å²) in [6.07, 6.45) is 0. The molecule has 0 atom stereocenters. The van der Waals surface area contributed by atoms with E-state index in [1.54, 1.807) is 70.9 Å². The van der Waals surface area contributed by atoms with Gasteiger partial charge in [0.1, 0.15) is 17.4 Å². The van der Waals surface area contributed by atoms with Gasteiger partial charge in [-0.15, -0.1) is 0 Å². The molecular formula is C30H27ClF2N4O3. The van der Waals surface area contributed by atoms with E-state index in [1.807, 2.05) is 12.1 Å². The van der Waals surface area contributed by atoms with Crippen molar-refractivity contribution in [1.82, 2.24) is 14.4 Å². The molecule has 3 aromatic carbocycles. The van der Waals surface area contributed by atoms with Crippen molar-refractivity contribution < 1.29 is 23.1 Å². The second-order valence-corrected chi connectivity index (χ2v) is 9.84. The van der Waals surface area contributed by atoms with Crippen molar-refractivity contribution in [3.63, 3.8) is 0 Å². The lowest BCUT2D eigenvalue weighted by Crippen LogP contribution is -2.51. The minimum absolute atomic E-state index is 0.132. The van der Waals surface area contributed by atoms with Crippen LogP contribution < -0.4 is 10.1 Å². The van der Waals surface area contributed by atoms with Gasteiger partial charge < -0.3 is 24.4 Å². The maximum atomic E-state index is 15.0. The molecule has 10 heteroatoms. The lowest BCUT2D eigenvalue weighted by atomic mass is 10.1. The number of aromatic nitrogens is 1. The molecule has 1 aliphatic rings. The third kappa shape index (κ3) is 5.51. The Bertz CT molecular complexity index is 1550. The highest BCUT2D eigenvalue weighted by molar-refractivity contribution is 6.30. The Labute approximate surface area is 235 Å². The van der Waals surface area contributed by atoms with Crippen molar-refractivity contribution in [1.29, 1.82) is 0 Å². The van der Waals surface area contributed by atoms with Crippen LogP contribution in [-0.2, 0) is 0 Å². The summed E-state index contributed by atoms with van der Waals surface area (Å²) in [4.78, 5) is 29.7. The number of carbonyl (C=O) groups excluding carboxylic acids is 2. The number of piperazine rings is 1. The largest absolute Gasteiger partial charge is 0.497 e. The number of urea groups is 1. The number of nitrogens with zero attached hydrogens (tertiary/aromatic N) is 3. The Balaban J connectivity index is 1.39. The van der Waals surface area contributed by atoms with Crippen molar-refractivity contribution in [3.05, 3.63) is 101 Å². The minimum Gasteiger partial charge on any atom is -0.497 e. The number of rotatable bonds is 5. The molecule has 1 N–H and O–H groups in total. The van der Waals surface area contributed by atoms with E-state index >= 15 is 0 Å². The molecule has 40 heavy (non-hydrogen) atoms. The van der Waals surface area contributed by atoms with Crippen LogP contribution in [0.1, 0.15) is 16.1 Å². The average Bonchev–Trinajstić information content (AvgIpc) is 3.30. The van der Waals surface area contributed by atoms with Gasteiger partial charge in [0, 0.05) is 48.6 Å². The van der Waals surface area contributed by atoms with Gasteiger partial charge in [-0.3, -0.25) is 4.79 Å². The summed E-state index contributed by atoms with van der Waals surface area (Å²) in [7, 11) is 1.56. The van der Waals surface area contributed by atoms with E-state index in [9.17, 15) is 18.4 Å². The summed E-state index contributed by atoms with van der Waals surface area (Å²) in [5, 5.41) is 3.41. The number of carbonyl (C=O) groups is 2. The van der Waals surface area contributed by atoms with Crippen LogP contribution in [0.2, 0.25) is 5.02 Å². The summed E-state index contributed by atoms with van der Waals surface area (Å²) in [6.45, 7) is 3.10. The van der Waals surface area contributed by atoms with Gasteiger partial charge in [-0.1, -0.05) is 11.6 Å². The second kappa shape index (κ2) is 11.4. The Morgan fingerprint density at radius 1 is 0.875 bits per heavy atom. The van der Waals surface area contributed by atoms with Gasteiger partial charge in [-0.25, -0.2) is 13.6 Å². The van der Waals surface area contributed by atoms with Crippen LogP contribution in [0.15, 0.2) is 72.8 Å². The quantitative estimate of drug-likeness (QED) is 0.306. The molecule has 4 aromatic rings. The monoisotopic (exact) mass is 564 g/mol. The van der Waals surface area contributed by atoms with E-state index in [1.165, 1.54) is 12.1 Å². The maximum absolute atomic E-state index is 15.0. The van der Waals surface area contributed by atoms with Crippen LogP contribution in [0.5, 0.6) is 5.75 Å². The van der Waals surface area contributed by atoms with Crippen molar-refractivity contribution in [3.8, 4) is 22.7 Å². The van der Waals surface area contributed by atoms with Gasteiger partial charge in [0.05, 0.1) is 24.1 Å². The molecule has 1 saturated heterocycles. The van der Waals surface area contributed by atoms with E-state index in [-0.39, 0.29) is 17.6 Å². The first-order chi connectivity index (χ1) is 19.2. The lowest BCUT2D eigenvalue weighted by molar-refractivity contribution is 0.0671. The minimum atomic E-state index is -0.743. The fourth-order valence-electron chi connectivity index (χ4n) is 4.79. The van der Waals surface area contributed by atoms with Gasteiger partial charge in [0.2, 0.25) is 0 Å². The average molecular weight is 565 g/mol. The molecule has 1 aliphatic heterocycles.